The Morgan fingerprint density at radius 3 is 2.23 bits per heavy atom. The number of hydrogen-bond donors (Lipinski definition) is 3. The van der Waals surface area contributed by atoms with Gasteiger partial charge in [-0.05, 0) is 36.5 Å². The zero-order valence-electron chi connectivity index (χ0n) is 19.5. The number of anilines is 3. The third-order valence-corrected chi connectivity index (χ3v) is 8.89. The van der Waals surface area contributed by atoms with Gasteiger partial charge in [0.15, 0.2) is 5.75 Å². The summed E-state index contributed by atoms with van der Waals surface area (Å²) in [5, 5.41) is 16.6. The van der Waals surface area contributed by atoms with Crippen LogP contribution in [-0.2, 0) is 10.0 Å². The third kappa shape index (κ3) is 4.80. The fourth-order valence-electron chi connectivity index (χ4n) is 4.62. The van der Waals surface area contributed by atoms with Crippen LogP contribution in [0.2, 0.25) is 5.02 Å². The monoisotopic (exact) mass is 517 g/mol. The largest absolute Gasteiger partial charge is 0.504 e. The molecule has 10 heteroatoms. The number of hydrogen-bond acceptors (Lipinski definition) is 7. The van der Waals surface area contributed by atoms with Crippen molar-refractivity contribution in [3.05, 3.63) is 73.5 Å². The molecule has 35 heavy (non-hydrogen) atoms. The molecule has 4 rings (SSSR count). The first-order valence-electron chi connectivity index (χ1n) is 11.5. The molecule has 0 radical (unpaired) electrons. The molecule has 0 amide bonds. The van der Waals surface area contributed by atoms with Gasteiger partial charge in [0.2, 0.25) is 10.0 Å². The predicted octanol–water partition coefficient (Wildman–Crippen LogP) is 4.37. The van der Waals surface area contributed by atoms with Gasteiger partial charge in [0.05, 0.1) is 16.8 Å². The standard InChI is InChI=1S/C25H28ClN3O5S/c1-29(2)35(33,34)25-17(26)13-14-18(22(25)30)27-20-21(24(32)23(20)31)28-19(15-9-5-3-6-10-15)16-11-7-4-8-12-16/h3,5-6,9-10,13-14,16,19,27-28,30H,4,7-8,11-12H2,1-2H3/t19-/m0/s1. The molecule has 0 spiro atoms. The van der Waals surface area contributed by atoms with Crippen molar-refractivity contribution in [2.75, 3.05) is 24.7 Å². The molecular formula is C25H28ClN3O5S. The van der Waals surface area contributed by atoms with E-state index in [9.17, 15) is 23.1 Å². The van der Waals surface area contributed by atoms with Gasteiger partial charge in [-0.25, -0.2) is 12.7 Å². The number of aromatic hydroxyl groups is 1. The van der Waals surface area contributed by atoms with E-state index in [1.54, 1.807) is 0 Å². The molecule has 1 fully saturated rings. The van der Waals surface area contributed by atoms with Gasteiger partial charge in [-0.1, -0.05) is 61.2 Å². The molecule has 3 N–H and O–H groups in total. The second-order valence-electron chi connectivity index (χ2n) is 9.02. The Hall–Kier alpha value is -2.88. The minimum absolute atomic E-state index is 0.0161. The summed E-state index contributed by atoms with van der Waals surface area (Å²) in [4.78, 5) is 24.6. The number of rotatable bonds is 8. The van der Waals surface area contributed by atoms with E-state index in [2.05, 4.69) is 10.6 Å². The third-order valence-electron chi connectivity index (χ3n) is 6.57. The molecule has 1 atom stereocenters. The second kappa shape index (κ2) is 10.0. The quantitative estimate of drug-likeness (QED) is 0.300. The highest BCUT2D eigenvalue weighted by molar-refractivity contribution is 7.89. The molecule has 1 aliphatic carbocycles. The van der Waals surface area contributed by atoms with E-state index in [-0.39, 0.29) is 28.1 Å². The molecule has 1 aliphatic rings. The van der Waals surface area contributed by atoms with Gasteiger partial charge in [-0.2, -0.15) is 0 Å². The molecular weight excluding hydrogens is 490 g/mol. The predicted molar refractivity (Wildman–Crippen MR) is 138 cm³/mol. The maximum Gasteiger partial charge on any atom is 0.253 e. The molecule has 8 nitrogen and oxygen atoms in total. The molecule has 0 saturated heterocycles. The molecule has 3 aromatic carbocycles. The van der Waals surface area contributed by atoms with Crippen LogP contribution in [0.15, 0.2) is 56.9 Å². The molecule has 0 unspecified atom stereocenters. The Kier molecular flexibility index (Phi) is 7.21. The fraction of sp³-hybridized carbons (Fsp3) is 0.360. The van der Waals surface area contributed by atoms with Crippen LogP contribution < -0.4 is 21.5 Å². The minimum Gasteiger partial charge on any atom is -0.504 e. The second-order valence-corrected chi connectivity index (χ2v) is 11.5. The van der Waals surface area contributed by atoms with Gasteiger partial charge in [0, 0.05) is 14.1 Å². The normalized spacial score (nSPS) is 15.9. The van der Waals surface area contributed by atoms with Crippen LogP contribution in [0, 0.1) is 5.92 Å². The van der Waals surface area contributed by atoms with E-state index in [1.807, 2.05) is 30.3 Å². The number of nitrogens with zero attached hydrogens (tertiary/aromatic N) is 1. The molecule has 3 aromatic rings. The Labute approximate surface area is 209 Å². The van der Waals surface area contributed by atoms with Gasteiger partial charge in [-0.15, -0.1) is 0 Å². The molecule has 0 bridgehead atoms. The van der Waals surface area contributed by atoms with Gasteiger partial charge >= 0.3 is 0 Å². The molecule has 1 saturated carbocycles. The number of nitrogens with one attached hydrogen (secondary N) is 2. The summed E-state index contributed by atoms with van der Waals surface area (Å²) >= 11 is 6.08. The maximum absolute atomic E-state index is 12.7. The van der Waals surface area contributed by atoms with Crippen LogP contribution in [0.25, 0.3) is 0 Å². The van der Waals surface area contributed by atoms with Crippen LogP contribution in [0.4, 0.5) is 17.1 Å². The van der Waals surface area contributed by atoms with Gasteiger partial charge < -0.3 is 15.7 Å². The van der Waals surface area contributed by atoms with E-state index < -0.39 is 31.5 Å². The highest BCUT2D eigenvalue weighted by atomic mass is 35.5. The first-order chi connectivity index (χ1) is 16.6. The molecule has 0 aliphatic heterocycles. The number of benzene rings is 2. The molecule has 186 valence electrons. The summed E-state index contributed by atoms with van der Waals surface area (Å²) in [5.41, 5.74) is -0.308. The topological polar surface area (TPSA) is 116 Å². The van der Waals surface area contributed by atoms with E-state index in [1.165, 1.54) is 32.6 Å². The average molecular weight is 518 g/mol. The van der Waals surface area contributed by atoms with Gasteiger partial charge in [0.25, 0.3) is 10.9 Å². The van der Waals surface area contributed by atoms with Crippen molar-refractivity contribution >= 4 is 38.7 Å². The lowest BCUT2D eigenvalue weighted by Crippen LogP contribution is -2.38. The SMILES string of the molecule is CN(C)S(=O)(=O)c1c(Cl)ccc(Nc2c(N[C@@H](c3ccccc3)C3CCCCC3)c(=O)c2=O)c1O. The van der Waals surface area contributed by atoms with Crippen molar-refractivity contribution in [3.8, 4) is 5.75 Å². The average Bonchev–Trinajstić information content (AvgIpc) is 2.85. The van der Waals surface area contributed by atoms with Crippen molar-refractivity contribution in [1.29, 1.82) is 0 Å². The highest BCUT2D eigenvalue weighted by Gasteiger charge is 2.31. The zero-order valence-corrected chi connectivity index (χ0v) is 21.1. The summed E-state index contributed by atoms with van der Waals surface area (Å²) in [6.45, 7) is 0. The lowest BCUT2D eigenvalue weighted by atomic mass is 9.81. The Balaban J connectivity index is 1.70. The smallest absolute Gasteiger partial charge is 0.253 e. The fourth-order valence-corrected chi connectivity index (χ4v) is 6.09. The number of phenolic OH excluding ortho intramolecular Hbond substituents is 1. The molecule has 0 heterocycles. The van der Waals surface area contributed by atoms with Crippen molar-refractivity contribution in [2.24, 2.45) is 5.92 Å². The molecule has 0 aromatic heterocycles. The summed E-state index contributed by atoms with van der Waals surface area (Å²) in [6, 6.07) is 12.3. The summed E-state index contributed by atoms with van der Waals surface area (Å²) < 4.78 is 26.3. The number of phenols is 1. The van der Waals surface area contributed by atoms with Gasteiger partial charge in [-0.3, -0.25) is 9.59 Å². The number of sulfonamides is 1. The van der Waals surface area contributed by atoms with E-state index in [4.69, 9.17) is 11.6 Å². The first-order valence-corrected chi connectivity index (χ1v) is 13.3. The van der Waals surface area contributed by atoms with Crippen molar-refractivity contribution in [1.82, 2.24) is 4.31 Å². The van der Waals surface area contributed by atoms with Crippen LogP contribution in [0.1, 0.15) is 43.7 Å². The lowest BCUT2D eigenvalue weighted by molar-refractivity contribution is 0.321. The van der Waals surface area contributed by atoms with Crippen LogP contribution >= 0.6 is 11.6 Å². The van der Waals surface area contributed by atoms with Crippen molar-refractivity contribution < 1.29 is 13.5 Å². The number of halogens is 1. The highest BCUT2D eigenvalue weighted by Crippen LogP contribution is 2.41. The van der Waals surface area contributed by atoms with E-state index in [0.29, 0.717) is 5.92 Å². The summed E-state index contributed by atoms with van der Waals surface area (Å²) in [5.74, 6) is -0.332. The van der Waals surface area contributed by atoms with Crippen molar-refractivity contribution in [2.45, 2.75) is 43.0 Å². The van der Waals surface area contributed by atoms with E-state index in [0.717, 1.165) is 35.6 Å². The Morgan fingerprint density at radius 2 is 1.60 bits per heavy atom. The van der Waals surface area contributed by atoms with Crippen LogP contribution in [0.3, 0.4) is 0 Å². The van der Waals surface area contributed by atoms with Crippen molar-refractivity contribution in [3.63, 3.8) is 0 Å². The zero-order chi connectivity index (χ0) is 25.3. The Morgan fingerprint density at radius 1 is 0.971 bits per heavy atom. The van der Waals surface area contributed by atoms with Crippen LogP contribution in [0.5, 0.6) is 5.75 Å². The summed E-state index contributed by atoms with van der Waals surface area (Å²) in [7, 11) is -1.43. The maximum atomic E-state index is 12.7. The Bertz CT molecular complexity index is 1390. The summed E-state index contributed by atoms with van der Waals surface area (Å²) in [6.07, 6.45) is 5.41. The first kappa shape index (κ1) is 25.2. The van der Waals surface area contributed by atoms with Crippen LogP contribution in [-0.4, -0.2) is 31.9 Å². The lowest BCUT2D eigenvalue weighted by Gasteiger charge is -2.33. The minimum atomic E-state index is -4.06. The van der Waals surface area contributed by atoms with E-state index >= 15 is 0 Å². The van der Waals surface area contributed by atoms with Gasteiger partial charge in [0.1, 0.15) is 16.3 Å².